The van der Waals surface area contributed by atoms with Gasteiger partial charge in [-0.05, 0) is 13.8 Å². The summed E-state index contributed by atoms with van der Waals surface area (Å²) >= 11 is 0. The summed E-state index contributed by atoms with van der Waals surface area (Å²) < 4.78 is 0. The minimum absolute atomic E-state index is 0.125. The first kappa shape index (κ1) is 15.2. The molecule has 0 rings (SSSR count). The molecule has 0 spiro atoms. The summed E-state index contributed by atoms with van der Waals surface area (Å²) in [5.41, 5.74) is 3.74. The van der Waals surface area contributed by atoms with Gasteiger partial charge in [0, 0.05) is 13.0 Å². The van der Waals surface area contributed by atoms with Gasteiger partial charge >= 0.3 is 12.0 Å². The molecule has 0 aromatic rings. The second-order valence-corrected chi connectivity index (χ2v) is 3.99. The zero-order valence-corrected chi connectivity index (χ0v) is 9.69. The lowest BCUT2D eigenvalue weighted by Crippen LogP contribution is -2.58. The minimum atomic E-state index is -1.29. The van der Waals surface area contributed by atoms with Gasteiger partial charge in [-0.2, -0.15) is 0 Å². The van der Waals surface area contributed by atoms with Gasteiger partial charge in [0.25, 0.3) is 0 Å². The molecule has 1 unspecified atom stereocenters. The number of carboxylic acids is 1. The molecule has 8 nitrogen and oxygen atoms in total. The average Bonchev–Trinajstić information content (AvgIpc) is 2.15. The molecular weight excluding hydrogens is 230 g/mol. The van der Waals surface area contributed by atoms with E-state index in [-0.39, 0.29) is 13.0 Å². The Morgan fingerprint density at radius 3 is 2.24 bits per heavy atom. The van der Waals surface area contributed by atoms with Crippen LogP contribution in [-0.4, -0.2) is 46.3 Å². The Morgan fingerprint density at radius 2 is 1.88 bits per heavy atom. The number of carbonyl (C=O) groups excluding carboxylic acids is 2. The van der Waals surface area contributed by atoms with Crippen LogP contribution in [0.2, 0.25) is 0 Å². The number of hydrogen-bond acceptors (Lipinski definition) is 4. The van der Waals surface area contributed by atoms with Crippen LogP contribution in [0, 0.1) is 0 Å². The van der Waals surface area contributed by atoms with Crippen LogP contribution in [0.1, 0.15) is 20.3 Å². The third-order valence-electron chi connectivity index (χ3n) is 2.06. The molecule has 8 heteroatoms. The predicted octanol–water partition coefficient (Wildman–Crippen LogP) is -1.61. The number of nitrogens with one attached hydrogen (secondary N) is 2. The highest BCUT2D eigenvalue weighted by Crippen LogP contribution is 2.00. The molecule has 0 bridgehead atoms. The van der Waals surface area contributed by atoms with Crippen molar-refractivity contribution in [3.63, 3.8) is 0 Å². The molecular formula is C9H17N3O5. The number of primary amides is 1. The van der Waals surface area contributed by atoms with Crippen molar-refractivity contribution in [3.8, 4) is 0 Å². The summed E-state index contributed by atoms with van der Waals surface area (Å²) in [6, 6.07) is -2.06. The molecule has 1 atom stereocenters. The number of rotatable bonds is 6. The van der Waals surface area contributed by atoms with E-state index in [2.05, 4.69) is 10.6 Å². The van der Waals surface area contributed by atoms with E-state index in [1.165, 1.54) is 13.8 Å². The van der Waals surface area contributed by atoms with E-state index in [1.54, 1.807) is 0 Å². The molecule has 0 radical (unpaired) electrons. The number of hydrogen-bond donors (Lipinski definition) is 5. The molecule has 0 heterocycles. The van der Waals surface area contributed by atoms with Gasteiger partial charge in [-0.3, -0.25) is 4.79 Å². The van der Waals surface area contributed by atoms with Gasteiger partial charge in [-0.15, -0.1) is 0 Å². The highest BCUT2D eigenvalue weighted by Gasteiger charge is 2.28. The van der Waals surface area contributed by atoms with Crippen LogP contribution in [0.4, 0.5) is 4.79 Å². The van der Waals surface area contributed by atoms with Crippen LogP contribution in [0.3, 0.4) is 0 Å². The topological polar surface area (TPSA) is 142 Å². The molecule has 0 aromatic heterocycles. The standard InChI is InChI=1S/C9H17N3O5/c1-9(2,7(10)16)12-8(17)11-5(3-4-13)6(14)15/h5,13H,3-4H2,1-2H3,(H2,10,16)(H,14,15)(H2,11,12,17). The van der Waals surface area contributed by atoms with E-state index in [9.17, 15) is 14.4 Å². The molecule has 0 aliphatic rings. The molecule has 0 fully saturated rings. The van der Waals surface area contributed by atoms with E-state index in [0.29, 0.717) is 0 Å². The fourth-order valence-electron chi connectivity index (χ4n) is 0.926. The van der Waals surface area contributed by atoms with Crippen molar-refractivity contribution in [1.29, 1.82) is 0 Å². The summed E-state index contributed by atoms with van der Waals surface area (Å²) in [4.78, 5) is 33.0. The number of carboxylic acid groups (broad SMARTS) is 1. The number of aliphatic hydroxyl groups excluding tert-OH is 1. The van der Waals surface area contributed by atoms with E-state index in [1.807, 2.05) is 0 Å². The molecule has 17 heavy (non-hydrogen) atoms. The lowest BCUT2D eigenvalue weighted by molar-refractivity contribution is -0.139. The Balaban J connectivity index is 4.43. The maximum Gasteiger partial charge on any atom is 0.326 e. The van der Waals surface area contributed by atoms with Crippen molar-refractivity contribution >= 4 is 17.9 Å². The number of nitrogens with two attached hydrogens (primary N) is 1. The van der Waals surface area contributed by atoms with Gasteiger partial charge < -0.3 is 26.6 Å². The highest BCUT2D eigenvalue weighted by atomic mass is 16.4. The molecule has 0 saturated heterocycles. The summed E-state index contributed by atoms with van der Waals surface area (Å²) in [6.45, 7) is 2.39. The largest absolute Gasteiger partial charge is 0.480 e. The fourth-order valence-corrected chi connectivity index (χ4v) is 0.926. The molecule has 3 amide bonds. The second-order valence-electron chi connectivity index (χ2n) is 3.99. The van der Waals surface area contributed by atoms with Crippen molar-refractivity contribution in [1.82, 2.24) is 10.6 Å². The Bertz CT molecular complexity index is 316. The second kappa shape index (κ2) is 6.04. The van der Waals surface area contributed by atoms with Gasteiger partial charge in [-0.1, -0.05) is 0 Å². The van der Waals surface area contributed by atoms with Gasteiger partial charge in [0.1, 0.15) is 11.6 Å². The van der Waals surface area contributed by atoms with Crippen molar-refractivity contribution in [3.05, 3.63) is 0 Å². The minimum Gasteiger partial charge on any atom is -0.480 e. The summed E-state index contributed by atoms with van der Waals surface area (Å²) in [7, 11) is 0. The lowest BCUT2D eigenvalue weighted by atomic mass is 10.1. The van der Waals surface area contributed by atoms with Crippen molar-refractivity contribution < 1.29 is 24.6 Å². The molecule has 98 valence electrons. The number of carbonyl (C=O) groups is 3. The fraction of sp³-hybridized carbons (Fsp3) is 0.667. The smallest absolute Gasteiger partial charge is 0.326 e. The first-order valence-electron chi connectivity index (χ1n) is 4.93. The predicted molar refractivity (Wildman–Crippen MR) is 58.1 cm³/mol. The average molecular weight is 247 g/mol. The van der Waals surface area contributed by atoms with Crippen LogP contribution < -0.4 is 16.4 Å². The van der Waals surface area contributed by atoms with E-state index >= 15 is 0 Å². The molecule has 0 saturated carbocycles. The molecule has 0 aromatic carbocycles. The molecule has 6 N–H and O–H groups in total. The molecule has 0 aliphatic carbocycles. The normalized spacial score (nSPS) is 12.6. The number of urea groups is 1. The zero-order chi connectivity index (χ0) is 13.6. The zero-order valence-electron chi connectivity index (χ0n) is 9.69. The van der Waals surface area contributed by atoms with Crippen LogP contribution in [0.15, 0.2) is 0 Å². The maximum absolute atomic E-state index is 11.4. The van der Waals surface area contributed by atoms with E-state index < -0.39 is 29.5 Å². The summed E-state index contributed by atoms with van der Waals surface area (Å²) in [5, 5.41) is 21.7. The summed E-state index contributed by atoms with van der Waals surface area (Å²) in [5.74, 6) is -2.02. The Morgan fingerprint density at radius 1 is 1.35 bits per heavy atom. The highest BCUT2D eigenvalue weighted by molar-refractivity contribution is 5.90. The SMILES string of the molecule is CC(C)(NC(=O)NC(CCO)C(=O)O)C(N)=O. The van der Waals surface area contributed by atoms with Crippen LogP contribution >= 0.6 is 0 Å². The number of aliphatic carboxylic acids is 1. The third-order valence-corrected chi connectivity index (χ3v) is 2.06. The van der Waals surface area contributed by atoms with E-state index in [4.69, 9.17) is 15.9 Å². The van der Waals surface area contributed by atoms with Crippen molar-refractivity contribution in [2.45, 2.75) is 31.8 Å². The molecule has 0 aliphatic heterocycles. The Labute approximate surface area is 98.2 Å². The monoisotopic (exact) mass is 247 g/mol. The van der Waals surface area contributed by atoms with Gasteiger partial charge in [0.05, 0.1) is 0 Å². The quantitative estimate of drug-likeness (QED) is 0.383. The van der Waals surface area contributed by atoms with Crippen molar-refractivity contribution in [2.75, 3.05) is 6.61 Å². The first-order chi connectivity index (χ1) is 7.70. The maximum atomic E-state index is 11.4. The number of amides is 3. The number of aliphatic hydroxyl groups is 1. The Kier molecular flexibility index (Phi) is 5.39. The van der Waals surface area contributed by atoms with Gasteiger partial charge in [-0.25, -0.2) is 9.59 Å². The summed E-state index contributed by atoms with van der Waals surface area (Å²) in [6.07, 6.45) is -0.125. The third kappa shape index (κ3) is 5.16. The van der Waals surface area contributed by atoms with Crippen LogP contribution in [0.25, 0.3) is 0 Å². The van der Waals surface area contributed by atoms with Crippen LogP contribution in [0.5, 0.6) is 0 Å². The van der Waals surface area contributed by atoms with Crippen molar-refractivity contribution in [2.24, 2.45) is 5.73 Å². The lowest BCUT2D eigenvalue weighted by Gasteiger charge is -2.23. The van der Waals surface area contributed by atoms with Gasteiger partial charge in [0.15, 0.2) is 0 Å². The van der Waals surface area contributed by atoms with Gasteiger partial charge in [0.2, 0.25) is 5.91 Å². The van der Waals surface area contributed by atoms with E-state index in [0.717, 1.165) is 0 Å². The Hall–Kier alpha value is -1.83. The first-order valence-corrected chi connectivity index (χ1v) is 4.93. The van der Waals surface area contributed by atoms with Crippen LogP contribution in [-0.2, 0) is 9.59 Å².